The Morgan fingerprint density at radius 2 is 1.90 bits per heavy atom. The maximum absolute atomic E-state index is 13.4. The van der Waals surface area contributed by atoms with E-state index in [-0.39, 0.29) is 17.1 Å². The Kier molecular flexibility index (Phi) is 3.79. The lowest BCUT2D eigenvalue weighted by atomic mass is 10.2. The van der Waals surface area contributed by atoms with Gasteiger partial charge >= 0.3 is 6.18 Å². The number of carbonyl (C=O) groups is 1. The second-order valence-corrected chi connectivity index (χ2v) is 4.12. The zero-order valence-corrected chi connectivity index (χ0v) is 10.4. The average Bonchev–Trinajstić information content (AvgIpc) is 2.42. The van der Waals surface area contributed by atoms with Crippen LogP contribution >= 0.6 is 0 Å². The number of pyridine rings is 1. The summed E-state index contributed by atoms with van der Waals surface area (Å²) >= 11 is 0. The number of benzene rings is 1. The van der Waals surface area contributed by atoms with E-state index in [4.69, 9.17) is 5.73 Å². The van der Waals surface area contributed by atoms with Crippen molar-refractivity contribution in [1.29, 1.82) is 0 Å². The molecule has 21 heavy (non-hydrogen) atoms. The van der Waals surface area contributed by atoms with Crippen LogP contribution in [0.4, 0.5) is 28.9 Å². The summed E-state index contributed by atoms with van der Waals surface area (Å²) in [4.78, 5) is 15.2. The van der Waals surface area contributed by atoms with Gasteiger partial charge in [-0.15, -0.1) is 0 Å². The van der Waals surface area contributed by atoms with Gasteiger partial charge in [-0.05, 0) is 30.3 Å². The molecule has 0 aliphatic heterocycles. The molecule has 0 unspecified atom stereocenters. The van der Waals surface area contributed by atoms with Crippen molar-refractivity contribution < 1.29 is 22.4 Å². The number of anilines is 2. The van der Waals surface area contributed by atoms with Gasteiger partial charge in [0, 0.05) is 11.9 Å². The van der Waals surface area contributed by atoms with Crippen LogP contribution in [0.2, 0.25) is 0 Å². The second-order valence-electron chi connectivity index (χ2n) is 4.12. The predicted molar refractivity (Wildman–Crippen MR) is 68.0 cm³/mol. The zero-order chi connectivity index (χ0) is 15.6. The monoisotopic (exact) mass is 299 g/mol. The molecule has 0 aliphatic rings. The van der Waals surface area contributed by atoms with Crippen LogP contribution in [0.15, 0.2) is 36.5 Å². The third-order valence-corrected chi connectivity index (χ3v) is 2.56. The smallest absolute Gasteiger partial charge is 0.399 e. The van der Waals surface area contributed by atoms with Crippen molar-refractivity contribution in [2.24, 2.45) is 0 Å². The number of nitrogens with one attached hydrogen (secondary N) is 1. The largest absolute Gasteiger partial charge is 0.417 e. The molecule has 2 aromatic rings. The molecule has 4 nitrogen and oxygen atoms in total. The van der Waals surface area contributed by atoms with E-state index in [0.717, 1.165) is 18.2 Å². The van der Waals surface area contributed by atoms with E-state index in [1.165, 1.54) is 12.1 Å². The van der Waals surface area contributed by atoms with E-state index in [1.807, 2.05) is 0 Å². The lowest BCUT2D eigenvalue weighted by Crippen LogP contribution is -2.15. The molecule has 0 radical (unpaired) electrons. The van der Waals surface area contributed by atoms with E-state index in [9.17, 15) is 22.4 Å². The molecule has 2 rings (SSSR count). The number of nitrogens with two attached hydrogens (primary N) is 1. The van der Waals surface area contributed by atoms with Gasteiger partial charge in [0.25, 0.3) is 5.91 Å². The van der Waals surface area contributed by atoms with Gasteiger partial charge in [-0.25, -0.2) is 4.39 Å². The van der Waals surface area contributed by atoms with Crippen molar-refractivity contribution in [3.63, 3.8) is 0 Å². The minimum absolute atomic E-state index is 0.179. The molecular weight excluding hydrogens is 290 g/mol. The fourth-order valence-corrected chi connectivity index (χ4v) is 1.52. The summed E-state index contributed by atoms with van der Waals surface area (Å²) in [7, 11) is 0. The number of halogens is 4. The number of hydrogen-bond acceptors (Lipinski definition) is 3. The fourth-order valence-electron chi connectivity index (χ4n) is 1.52. The van der Waals surface area contributed by atoms with Crippen LogP contribution in [0.3, 0.4) is 0 Å². The summed E-state index contributed by atoms with van der Waals surface area (Å²) < 4.78 is 50.5. The van der Waals surface area contributed by atoms with Gasteiger partial charge in [0.15, 0.2) is 0 Å². The van der Waals surface area contributed by atoms with Crippen LogP contribution in [-0.4, -0.2) is 10.9 Å². The van der Waals surface area contributed by atoms with Crippen molar-refractivity contribution >= 4 is 17.3 Å². The minimum atomic E-state index is -4.54. The van der Waals surface area contributed by atoms with Crippen molar-refractivity contribution in [2.75, 3.05) is 11.1 Å². The standard InChI is InChI=1S/C13H9F4N3O/c14-9-3-2-8(18)5-11(9)20-12(21)10-4-1-7(6-19-10)13(15,16)17/h1-6H,18H2,(H,20,21). The summed E-state index contributed by atoms with van der Waals surface area (Å²) in [5, 5.41) is 2.19. The summed E-state index contributed by atoms with van der Waals surface area (Å²) in [5.74, 6) is -1.56. The van der Waals surface area contributed by atoms with Crippen LogP contribution in [0.1, 0.15) is 16.1 Å². The number of rotatable bonds is 2. The molecule has 0 aliphatic carbocycles. The molecule has 1 aromatic heterocycles. The molecule has 3 N–H and O–H groups in total. The SMILES string of the molecule is Nc1ccc(F)c(NC(=O)c2ccc(C(F)(F)F)cn2)c1. The highest BCUT2D eigenvalue weighted by Crippen LogP contribution is 2.28. The van der Waals surface area contributed by atoms with Gasteiger partial charge in [0.1, 0.15) is 11.5 Å². The predicted octanol–water partition coefficient (Wildman–Crippen LogP) is 3.07. The quantitative estimate of drug-likeness (QED) is 0.661. The topological polar surface area (TPSA) is 68.0 Å². The maximum Gasteiger partial charge on any atom is 0.417 e. The van der Waals surface area contributed by atoms with Crippen molar-refractivity contribution in [3.05, 3.63) is 53.6 Å². The number of nitrogens with zero attached hydrogens (tertiary/aromatic N) is 1. The van der Waals surface area contributed by atoms with Crippen LogP contribution in [-0.2, 0) is 6.18 Å². The highest BCUT2D eigenvalue weighted by atomic mass is 19.4. The Labute approximate surface area is 116 Å². The Balaban J connectivity index is 2.19. The second kappa shape index (κ2) is 5.39. The van der Waals surface area contributed by atoms with Crippen LogP contribution < -0.4 is 11.1 Å². The number of hydrogen-bond donors (Lipinski definition) is 2. The molecule has 110 valence electrons. The first kappa shape index (κ1) is 14.8. The molecule has 1 aromatic carbocycles. The molecule has 8 heteroatoms. The van der Waals surface area contributed by atoms with Crippen LogP contribution in [0, 0.1) is 5.82 Å². The Morgan fingerprint density at radius 1 is 1.19 bits per heavy atom. The Bertz CT molecular complexity index is 668. The van der Waals surface area contributed by atoms with E-state index in [0.29, 0.717) is 6.20 Å². The maximum atomic E-state index is 13.4. The lowest BCUT2D eigenvalue weighted by Gasteiger charge is -2.08. The number of alkyl halides is 3. The molecule has 0 fully saturated rings. The molecule has 0 saturated heterocycles. The van der Waals surface area contributed by atoms with Gasteiger partial charge in [-0.1, -0.05) is 0 Å². The van der Waals surface area contributed by atoms with E-state index >= 15 is 0 Å². The molecule has 0 spiro atoms. The Morgan fingerprint density at radius 3 is 2.48 bits per heavy atom. The third kappa shape index (κ3) is 3.47. The number of carbonyl (C=O) groups excluding carboxylic acids is 1. The highest BCUT2D eigenvalue weighted by Gasteiger charge is 2.30. The molecule has 1 amide bonds. The number of nitrogen functional groups attached to an aromatic ring is 1. The average molecular weight is 299 g/mol. The highest BCUT2D eigenvalue weighted by molar-refractivity contribution is 6.03. The first-order valence-electron chi connectivity index (χ1n) is 5.67. The van der Waals surface area contributed by atoms with Crippen molar-refractivity contribution in [1.82, 2.24) is 4.98 Å². The number of amides is 1. The molecule has 0 bridgehead atoms. The van der Waals surface area contributed by atoms with Gasteiger partial charge < -0.3 is 11.1 Å². The van der Waals surface area contributed by atoms with Crippen LogP contribution in [0.5, 0.6) is 0 Å². The first-order chi connectivity index (χ1) is 9.77. The fraction of sp³-hybridized carbons (Fsp3) is 0.0769. The van der Waals surface area contributed by atoms with Crippen molar-refractivity contribution in [3.8, 4) is 0 Å². The van der Waals surface area contributed by atoms with Gasteiger partial charge in [0.05, 0.1) is 11.3 Å². The summed E-state index contributed by atoms with van der Waals surface area (Å²) in [6.45, 7) is 0. The molecule has 0 saturated carbocycles. The van der Waals surface area contributed by atoms with E-state index < -0.39 is 23.5 Å². The normalized spacial score (nSPS) is 11.2. The van der Waals surface area contributed by atoms with Crippen molar-refractivity contribution in [2.45, 2.75) is 6.18 Å². The summed E-state index contributed by atoms with van der Waals surface area (Å²) in [6.07, 6.45) is -4.01. The Hall–Kier alpha value is -2.64. The molecule has 0 atom stereocenters. The molecular formula is C13H9F4N3O. The van der Waals surface area contributed by atoms with E-state index in [2.05, 4.69) is 10.3 Å². The summed E-state index contributed by atoms with van der Waals surface area (Å²) in [5.41, 5.74) is 4.25. The molecule has 1 heterocycles. The number of aromatic nitrogens is 1. The van der Waals surface area contributed by atoms with Gasteiger partial charge in [-0.2, -0.15) is 13.2 Å². The lowest BCUT2D eigenvalue weighted by molar-refractivity contribution is -0.137. The van der Waals surface area contributed by atoms with Gasteiger partial charge in [0.2, 0.25) is 0 Å². The van der Waals surface area contributed by atoms with Crippen LogP contribution in [0.25, 0.3) is 0 Å². The van der Waals surface area contributed by atoms with Gasteiger partial charge in [-0.3, -0.25) is 9.78 Å². The minimum Gasteiger partial charge on any atom is -0.399 e. The third-order valence-electron chi connectivity index (χ3n) is 2.56. The first-order valence-corrected chi connectivity index (χ1v) is 5.67. The zero-order valence-electron chi connectivity index (χ0n) is 10.4. The summed E-state index contributed by atoms with van der Waals surface area (Å²) in [6, 6.07) is 5.18. The van der Waals surface area contributed by atoms with E-state index in [1.54, 1.807) is 0 Å².